The molecule has 2 aromatic rings. The number of Topliss-reactive ketones (excluding diaryl/α,β-unsaturated/α-hetero) is 3. The van der Waals surface area contributed by atoms with Gasteiger partial charge in [-0.3, -0.25) is 23.5 Å². The summed E-state index contributed by atoms with van der Waals surface area (Å²) < 4.78 is 34.4. The molecule has 3 heterocycles. The molecule has 53 heavy (non-hydrogen) atoms. The number of anilines is 1. The van der Waals surface area contributed by atoms with Crippen molar-refractivity contribution in [3.63, 3.8) is 0 Å². The standard InChI is InChI=1S/C31H40N3O18P/c1-14(36)15-2-4-16(5-3-15)19(38)7-6-17(37)10-18-20(39)11-31(29(44)45,51-27(18)24(41)21(40)12-35)52-53(47,48)49-13-22-25(42)26(43)28(50-22)34-9-8-23(32)33-30(34)46/h2-5,8-9,18,20-22,24-28,35,39-43H,6-7,10-13H2,1H3,(H,44,45)(H,47,48)(H2,32,33,46)/t18-,20-,21-,22-,24-,25+,26?,27?,28-,31-/m1/s1. The van der Waals surface area contributed by atoms with Gasteiger partial charge in [-0.15, -0.1) is 0 Å². The van der Waals surface area contributed by atoms with Gasteiger partial charge >= 0.3 is 19.5 Å². The van der Waals surface area contributed by atoms with Crippen molar-refractivity contribution in [1.82, 2.24) is 9.55 Å². The zero-order valence-electron chi connectivity index (χ0n) is 28.0. The number of nitrogen functional groups attached to an aromatic ring is 1. The van der Waals surface area contributed by atoms with E-state index < -0.39 is 124 Å². The maximum Gasteiger partial charge on any atom is 0.475 e. The number of aliphatic carboxylic acids is 1. The van der Waals surface area contributed by atoms with E-state index in [9.17, 15) is 69.2 Å². The van der Waals surface area contributed by atoms with Gasteiger partial charge in [0.25, 0.3) is 5.79 Å². The number of aliphatic hydroxyl groups is 6. The molecule has 0 spiro atoms. The lowest BCUT2D eigenvalue weighted by atomic mass is 9.80. The number of carboxylic acid groups (broad SMARTS) is 1. The van der Waals surface area contributed by atoms with Gasteiger partial charge in [-0.1, -0.05) is 24.3 Å². The third-order valence-corrected chi connectivity index (χ3v) is 9.80. The Morgan fingerprint density at radius 1 is 1.08 bits per heavy atom. The number of benzene rings is 1. The fraction of sp³-hybridized carbons (Fsp3) is 0.548. The molecule has 3 unspecified atom stereocenters. The number of rotatable bonds is 17. The van der Waals surface area contributed by atoms with Crippen LogP contribution in [-0.2, 0) is 32.7 Å². The number of carboxylic acids is 1. The Bertz CT molecular complexity index is 1770. The number of nitrogens with zero attached hydrogens (tertiary/aromatic N) is 2. The van der Waals surface area contributed by atoms with E-state index in [1.54, 1.807) is 0 Å². The Labute approximate surface area is 299 Å². The summed E-state index contributed by atoms with van der Waals surface area (Å²) in [6.45, 7) is -0.809. The number of carbonyl (C=O) groups excluding carboxylic acids is 3. The lowest BCUT2D eigenvalue weighted by Gasteiger charge is -2.46. The molecule has 2 aliphatic rings. The van der Waals surface area contributed by atoms with E-state index in [4.69, 9.17) is 24.3 Å². The van der Waals surface area contributed by atoms with Crippen molar-refractivity contribution < 1.29 is 82.9 Å². The highest BCUT2D eigenvalue weighted by molar-refractivity contribution is 7.47. The Balaban J connectivity index is 1.46. The Morgan fingerprint density at radius 3 is 2.30 bits per heavy atom. The fourth-order valence-electron chi connectivity index (χ4n) is 5.89. The van der Waals surface area contributed by atoms with E-state index in [-0.39, 0.29) is 23.6 Å². The van der Waals surface area contributed by atoms with E-state index in [1.807, 2.05) is 0 Å². The first-order valence-electron chi connectivity index (χ1n) is 16.1. The Kier molecular flexibility index (Phi) is 13.5. The van der Waals surface area contributed by atoms with Crippen LogP contribution in [-0.4, -0.2) is 135 Å². The number of ether oxygens (including phenoxy) is 2. The zero-order chi connectivity index (χ0) is 39.4. The van der Waals surface area contributed by atoms with Crippen molar-refractivity contribution >= 4 is 37.0 Å². The predicted molar refractivity (Wildman–Crippen MR) is 174 cm³/mol. The van der Waals surface area contributed by atoms with Gasteiger partial charge < -0.3 is 55.8 Å². The largest absolute Gasteiger partial charge is 0.477 e. The van der Waals surface area contributed by atoms with Crippen molar-refractivity contribution in [3.8, 4) is 0 Å². The van der Waals surface area contributed by atoms with Crippen molar-refractivity contribution in [2.24, 2.45) is 5.92 Å². The molecule has 1 aromatic heterocycles. The van der Waals surface area contributed by atoms with Crippen LogP contribution in [0.4, 0.5) is 5.82 Å². The highest BCUT2D eigenvalue weighted by Gasteiger charge is 2.58. The fourth-order valence-corrected chi connectivity index (χ4v) is 6.84. The molecule has 0 radical (unpaired) electrons. The quantitative estimate of drug-likeness (QED) is 0.0601. The molecule has 21 nitrogen and oxygen atoms in total. The number of ketones is 3. The van der Waals surface area contributed by atoms with E-state index >= 15 is 0 Å². The minimum atomic E-state index is -5.61. The van der Waals surface area contributed by atoms with Crippen LogP contribution in [0.5, 0.6) is 0 Å². The average Bonchev–Trinajstić information content (AvgIpc) is 3.38. The molecule has 10 N–H and O–H groups in total. The number of aliphatic hydroxyl groups excluding tert-OH is 6. The molecule has 4 rings (SSSR count). The third kappa shape index (κ3) is 9.84. The number of carbonyl (C=O) groups is 4. The number of phosphoric acid groups is 1. The van der Waals surface area contributed by atoms with Crippen LogP contribution in [0.1, 0.15) is 59.6 Å². The van der Waals surface area contributed by atoms with Crippen molar-refractivity contribution in [2.45, 2.75) is 87.3 Å². The number of phosphoric ester groups is 1. The number of hydrogen-bond donors (Lipinski definition) is 9. The molecule has 2 aliphatic heterocycles. The summed E-state index contributed by atoms with van der Waals surface area (Å²) in [4.78, 5) is 75.8. The van der Waals surface area contributed by atoms with Gasteiger partial charge in [-0.2, -0.15) is 4.98 Å². The first-order valence-corrected chi connectivity index (χ1v) is 17.5. The van der Waals surface area contributed by atoms with Gasteiger partial charge in [0.2, 0.25) is 0 Å². The van der Waals surface area contributed by atoms with Gasteiger partial charge in [-0.25, -0.2) is 18.7 Å². The molecule has 0 saturated carbocycles. The summed E-state index contributed by atoms with van der Waals surface area (Å²) in [5.74, 6) is -8.43. The highest BCUT2D eigenvalue weighted by atomic mass is 31.2. The van der Waals surface area contributed by atoms with E-state index in [1.165, 1.54) is 37.3 Å². The van der Waals surface area contributed by atoms with Gasteiger partial charge in [0.15, 0.2) is 17.8 Å². The summed E-state index contributed by atoms with van der Waals surface area (Å²) in [7, 11) is -5.61. The topological polar surface area (TPSA) is 345 Å². The molecular formula is C31H40N3O18P. The molecule has 2 fully saturated rings. The van der Waals surface area contributed by atoms with E-state index in [0.717, 1.165) is 10.8 Å². The number of aromatic nitrogens is 2. The second-order valence-electron chi connectivity index (χ2n) is 12.6. The van der Waals surface area contributed by atoms with Crippen molar-refractivity contribution in [3.05, 3.63) is 58.1 Å². The lowest BCUT2D eigenvalue weighted by molar-refractivity contribution is -0.298. The van der Waals surface area contributed by atoms with E-state index in [2.05, 4.69) is 4.98 Å². The number of hydrogen-bond acceptors (Lipinski definition) is 18. The maximum absolute atomic E-state index is 13.1. The minimum absolute atomic E-state index is 0.152. The van der Waals surface area contributed by atoms with Crippen LogP contribution in [0.15, 0.2) is 41.3 Å². The van der Waals surface area contributed by atoms with Crippen LogP contribution < -0.4 is 11.4 Å². The van der Waals surface area contributed by atoms with Crippen LogP contribution in [0.3, 0.4) is 0 Å². The average molecular weight is 774 g/mol. The summed E-state index contributed by atoms with van der Waals surface area (Å²) in [5, 5.41) is 72.5. The van der Waals surface area contributed by atoms with Gasteiger partial charge in [0, 0.05) is 48.9 Å². The summed E-state index contributed by atoms with van der Waals surface area (Å²) in [6.07, 6.45) is -16.4. The van der Waals surface area contributed by atoms with Gasteiger partial charge in [0.1, 0.15) is 42.1 Å². The van der Waals surface area contributed by atoms with Crippen LogP contribution in [0, 0.1) is 5.92 Å². The molecule has 11 atom stereocenters. The molecule has 0 bridgehead atoms. The second-order valence-corrected chi connectivity index (χ2v) is 13.9. The monoisotopic (exact) mass is 773 g/mol. The number of nitrogens with two attached hydrogens (primary N) is 1. The zero-order valence-corrected chi connectivity index (χ0v) is 28.9. The summed E-state index contributed by atoms with van der Waals surface area (Å²) in [6, 6.07) is 6.89. The molecule has 0 aliphatic carbocycles. The van der Waals surface area contributed by atoms with Crippen molar-refractivity contribution in [1.29, 1.82) is 0 Å². The van der Waals surface area contributed by atoms with E-state index in [0.29, 0.717) is 5.56 Å². The van der Waals surface area contributed by atoms with Gasteiger partial charge in [0.05, 0.1) is 25.4 Å². The molecule has 1 aromatic carbocycles. The van der Waals surface area contributed by atoms with Crippen LogP contribution in [0.25, 0.3) is 0 Å². The predicted octanol–water partition coefficient (Wildman–Crippen LogP) is -2.34. The first kappa shape index (κ1) is 41.9. The van der Waals surface area contributed by atoms with Gasteiger partial charge in [-0.05, 0) is 13.0 Å². The molecule has 22 heteroatoms. The Hall–Kier alpha value is -3.83. The Morgan fingerprint density at radius 2 is 1.72 bits per heavy atom. The SMILES string of the molecule is CC(=O)c1ccc(C(=O)CCC(=O)C[C@H]2C([C@H](O)[C@H](O)CO)O[C@](OP(=O)(O)OC[C@H]3O[C@@H](n4ccc(N)nc4=O)C(O)[C@H]3O)(C(=O)O)C[C@H]2O)cc1. The van der Waals surface area contributed by atoms with Crippen molar-refractivity contribution in [2.75, 3.05) is 18.9 Å². The molecule has 0 amide bonds. The normalized spacial score (nSPS) is 29.5. The molecule has 292 valence electrons. The minimum Gasteiger partial charge on any atom is -0.477 e. The van der Waals surface area contributed by atoms with Crippen LogP contribution in [0.2, 0.25) is 0 Å². The third-order valence-electron chi connectivity index (χ3n) is 8.80. The van der Waals surface area contributed by atoms with Crippen LogP contribution >= 0.6 is 7.82 Å². The maximum atomic E-state index is 13.1. The second kappa shape index (κ2) is 17.1. The molecule has 2 saturated heterocycles. The highest BCUT2D eigenvalue weighted by Crippen LogP contribution is 2.52. The first-order chi connectivity index (χ1) is 24.8. The molecular weight excluding hydrogens is 733 g/mol. The summed E-state index contributed by atoms with van der Waals surface area (Å²) in [5.41, 5.74) is 5.05. The smallest absolute Gasteiger partial charge is 0.475 e. The lowest BCUT2D eigenvalue weighted by Crippen LogP contribution is -2.61. The summed E-state index contributed by atoms with van der Waals surface area (Å²) >= 11 is 0.